The van der Waals surface area contributed by atoms with E-state index in [2.05, 4.69) is 5.32 Å². The van der Waals surface area contributed by atoms with Gasteiger partial charge in [0, 0.05) is 16.1 Å². The van der Waals surface area contributed by atoms with Crippen LogP contribution in [0.15, 0.2) is 56.7 Å². The van der Waals surface area contributed by atoms with Gasteiger partial charge in [-0.3, -0.25) is 18.7 Å². The lowest BCUT2D eigenvalue weighted by atomic mass is 9.95. The first-order valence-corrected chi connectivity index (χ1v) is 11.4. The molecule has 0 saturated heterocycles. The first-order valence-electron chi connectivity index (χ1n) is 10.6. The zero-order valence-corrected chi connectivity index (χ0v) is 17.8. The number of rotatable bonds is 5. The van der Waals surface area contributed by atoms with E-state index < -0.39 is 5.69 Å². The zero-order valence-electron chi connectivity index (χ0n) is 17.0. The van der Waals surface area contributed by atoms with Crippen LogP contribution >= 0.6 is 11.3 Å². The number of hydrogen-bond acceptors (Lipinski definition) is 5. The van der Waals surface area contributed by atoms with Gasteiger partial charge in [-0.1, -0.05) is 37.5 Å². The van der Waals surface area contributed by atoms with Crippen molar-refractivity contribution >= 4 is 37.5 Å². The van der Waals surface area contributed by atoms with Gasteiger partial charge in [-0.25, -0.2) is 4.79 Å². The first-order chi connectivity index (χ1) is 15.1. The number of aromatic nitrogens is 2. The molecule has 0 atom stereocenters. The summed E-state index contributed by atoms with van der Waals surface area (Å²) in [5.74, 6) is 0.312. The molecule has 3 aromatic heterocycles. The molecule has 31 heavy (non-hydrogen) atoms. The summed E-state index contributed by atoms with van der Waals surface area (Å²) in [4.78, 5) is 39.5. The molecule has 8 heteroatoms. The molecule has 0 bridgehead atoms. The van der Waals surface area contributed by atoms with Crippen molar-refractivity contribution in [3.8, 4) is 0 Å². The standard InChI is InChI=1S/C23H23N3O4S/c27-19(24-15-7-2-1-3-8-15)14-25-20-17-10-4-5-11-18(17)31-21(20)22(28)26(23(25)29)13-16-9-6-12-30-16/h4-6,9-12,15H,1-3,7-8,13-14H2,(H,24,27). The van der Waals surface area contributed by atoms with Crippen LogP contribution in [-0.2, 0) is 17.9 Å². The van der Waals surface area contributed by atoms with E-state index in [9.17, 15) is 14.4 Å². The van der Waals surface area contributed by atoms with E-state index in [1.54, 1.807) is 12.1 Å². The number of carbonyl (C=O) groups excluding carboxylic acids is 1. The lowest BCUT2D eigenvalue weighted by molar-refractivity contribution is -0.122. The second-order valence-electron chi connectivity index (χ2n) is 8.02. The van der Waals surface area contributed by atoms with Gasteiger partial charge < -0.3 is 9.73 Å². The summed E-state index contributed by atoms with van der Waals surface area (Å²) in [5.41, 5.74) is -0.331. The highest BCUT2D eigenvalue weighted by Crippen LogP contribution is 2.30. The second-order valence-corrected chi connectivity index (χ2v) is 9.07. The quantitative estimate of drug-likeness (QED) is 0.518. The van der Waals surface area contributed by atoms with E-state index in [1.807, 2.05) is 24.3 Å². The van der Waals surface area contributed by atoms with Crippen LogP contribution in [-0.4, -0.2) is 21.1 Å². The summed E-state index contributed by atoms with van der Waals surface area (Å²) in [7, 11) is 0. The smallest absolute Gasteiger partial charge is 0.332 e. The minimum Gasteiger partial charge on any atom is -0.467 e. The Morgan fingerprint density at radius 1 is 1.06 bits per heavy atom. The summed E-state index contributed by atoms with van der Waals surface area (Å²) in [6.45, 7) is -0.0932. The van der Waals surface area contributed by atoms with Crippen molar-refractivity contribution in [3.63, 3.8) is 0 Å². The third kappa shape index (κ3) is 3.72. The van der Waals surface area contributed by atoms with Crippen molar-refractivity contribution in [1.82, 2.24) is 14.5 Å². The number of amides is 1. The Morgan fingerprint density at radius 2 is 1.87 bits per heavy atom. The van der Waals surface area contributed by atoms with Gasteiger partial charge in [0.05, 0.1) is 18.3 Å². The van der Waals surface area contributed by atoms with Crippen molar-refractivity contribution in [2.75, 3.05) is 0 Å². The fourth-order valence-corrected chi connectivity index (χ4v) is 5.56. The number of benzene rings is 1. The highest BCUT2D eigenvalue weighted by atomic mass is 32.1. The second kappa shape index (κ2) is 8.19. The van der Waals surface area contributed by atoms with Crippen LogP contribution in [0.3, 0.4) is 0 Å². The Hall–Kier alpha value is -3.13. The van der Waals surface area contributed by atoms with E-state index in [0.717, 1.165) is 40.3 Å². The van der Waals surface area contributed by atoms with Gasteiger partial charge in [0.25, 0.3) is 5.56 Å². The SMILES string of the molecule is O=C(Cn1c(=O)n(Cc2ccco2)c(=O)c2sc3ccccc3c21)NC1CCCCC1. The van der Waals surface area contributed by atoms with Crippen LogP contribution < -0.4 is 16.6 Å². The van der Waals surface area contributed by atoms with Gasteiger partial charge in [-0.2, -0.15) is 0 Å². The number of furan rings is 1. The van der Waals surface area contributed by atoms with Gasteiger partial charge in [-0.15, -0.1) is 11.3 Å². The van der Waals surface area contributed by atoms with E-state index in [0.29, 0.717) is 16.0 Å². The average molecular weight is 438 g/mol. The topological polar surface area (TPSA) is 86.2 Å². The molecule has 1 N–H and O–H groups in total. The molecule has 5 rings (SSSR count). The molecule has 3 heterocycles. The van der Waals surface area contributed by atoms with E-state index in [1.165, 1.54) is 28.6 Å². The Balaban J connectivity index is 1.62. The Morgan fingerprint density at radius 3 is 2.65 bits per heavy atom. The van der Waals surface area contributed by atoms with Crippen molar-refractivity contribution in [2.24, 2.45) is 0 Å². The Labute approximate surface area is 181 Å². The van der Waals surface area contributed by atoms with Crippen LogP contribution in [0, 0.1) is 0 Å². The van der Waals surface area contributed by atoms with Crippen molar-refractivity contribution in [2.45, 2.75) is 51.2 Å². The monoisotopic (exact) mass is 437 g/mol. The van der Waals surface area contributed by atoms with Crippen LogP contribution in [0.5, 0.6) is 0 Å². The minimum absolute atomic E-state index is 0.0269. The lowest BCUT2D eigenvalue weighted by Crippen LogP contribution is -2.44. The average Bonchev–Trinajstić information content (AvgIpc) is 3.43. The molecule has 7 nitrogen and oxygen atoms in total. The van der Waals surface area contributed by atoms with Crippen LogP contribution in [0.4, 0.5) is 0 Å². The third-order valence-electron chi connectivity index (χ3n) is 5.91. The lowest BCUT2D eigenvalue weighted by Gasteiger charge is -2.23. The zero-order chi connectivity index (χ0) is 21.4. The van der Waals surface area contributed by atoms with Gasteiger partial charge in [0.15, 0.2) is 0 Å². The minimum atomic E-state index is -0.503. The van der Waals surface area contributed by atoms with Gasteiger partial charge >= 0.3 is 5.69 Å². The summed E-state index contributed by atoms with van der Waals surface area (Å²) >= 11 is 1.35. The van der Waals surface area contributed by atoms with Crippen molar-refractivity contribution < 1.29 is 9.21 Å². The number of nitrogens with one attached hydrogen (secondary N) is 1. The molecule has 1 aliphatic rings. The summed E-state index contributed by atoms with van der Waals surface area (Å²) in [6, 6.07) is 11.2. The maximum Gasteiger partial charge on any atom is 0.332 e. The molecular weight excluding hydrogens is 414 g/mol. The normalized spacial score (nSPS) is 15.0. The molecule has 1 amide bonds. The fourth-order valence-electron chi connectivity index (χ4n) is 4.40. The molecule has 1 aliphatic carbocycles. The number of nitrogens with zero attached hydrogens (tertiary/aromatic N) is 2. The third-order valence-corrected chi connectivity index (χ3v) is 7.05. The van der Waals surface area contributed by atoms with Gasteiger partial charge in [0.2, 0.25) is 5.91 Å². The first kappa shape index (κ1) is 19.8. The largest absolute Gasteiger partial charge is 0.467 e. The molecule has 0 spiro atoms. The van der Waals surface area contributed by atoms with E-state index >= 15 is 0 Å². The van der Waals surface area contributed by atoms with Gasteiger partial charge in [0.1, 0.15) is 17.0 Å². The fraction of sp³-hybridized carbons (Fsp3) is 0.348. The molecule has 0 radical (unpaired) electrons. The van der Waals surface area contributed by atoms with Crippen LogP contribution in [0.25, 0.3) is 20.3 Å². The number of fused-ring (bicyclic) bond motifs is 3. The van der Waals surface area contributed by atoms with Crippen LogP contribution in [0.1, 0.15) is 37.9 Å². The Kier molecular flexibility index (Phi) is 5.23. The summed E-state index contributed by atoms with van der Waals surface area (Å²) < 4.78 is 9.33. The summed E-state index contributed by atoms with van der Waals surface area (Å²) in [6.07, 6.45) is 6.86. The van der Waals surface area contributed by atoms with Gasteiger partial charge in [-0.05, 0) is 31.0 Å². The molecule has 0 unspecified atom stereocenters. The molecule has 4 aromatic rings. The predicted molar refractivity (Wildman–Crippen MR) is 121 cm³/mol. The maximum absolute atomic E-state index is 13.4. The predicted octanol–water partition coefficient (Wildman–Crippen LogP) is 3.47. The van der Waals surface area contributed by atoms with Crippen molar-refractivity contribution in [3.05, 3.63) is 69.3 Å². The molecule has 1 aromatic carbocycles. The molecule has 160 valence electrons. The molecule has 1 saturated carbocycles. The molecule has 1 fully saturated rings. The van der Waals surface area contributed by atoms with Crippen molar-refractivity contribution in [1.29, 1.82) is 0 Å². The molecule has 0 aliphatic heterocycles. The maximum atomic E-state index is 13.4. The highest BCUT2D eigenvalue weighted by Gasteiger charge is 2.22. The summed E-state index contributed by atoms with van der Waals surface area (Å²) in [5, 5.41) is 3.89. The Bertz CT molecular complexity index is 1360. The number of hydrogen-bond donors (Lipinski definition) is 1. The van der Waals surface area contributed by atoms with E-state index in [4.69, 9.17) is 4.42 Å². The number of carbonyl (C=O) groups is 1. The molecular formula is C23H23N3O4S. The van der Waals surface area contributed by atoms with E-state index in [-0.39, 0.29) is 30.6 Å². The number of thiophene rings is 1. The highest BCUT2D eigenvalue weighted by molar-refractivity contribution is 7.25. The van der Waals surface area contributed by atoms with Crippen LogP contribution in [0.2, 0.25) is 0 Å².